The Balaban J connectivity index is 2.31. The van der Waals surface area contributed by atoms with Gasteiger partial charge < -0.3 is 11.1 Å². The van der Waals surface area contributed by atoms with Crippen LogP contribution in [0.2, 0.25) is 0 Å². The average Bonchev–Trinajstić information content (AvgIpc) is 2.63. The van der Waals surface area contributed by atoms with Crippen LogP contribution in [-0.4, -0.2) is 29.0 Å². The fraction of sp³-hybridized carbons (Fsp3) is 0.556. The first-order valence-corrected chi connectivity index (χ1v) is 5.17. The van der Waals surface area contributed by atoms with Crippen molar-refractivity contribution in [3.05, 3.63) is 11.8 Å². The minimum absolute atomic E-state index is 0.594. The summed E-state index contributed by atoms with van der Waals surface area (Å²) >= 11 is 0. The van der Waals surface area contributed by atoms with Crippen LogP contribution in [0.25, 0.3) is 0 Å². The molecule has 7 nitrogen and oxygen atoms in total. The molecule has 0 saturated heterocycles. The molecule has 88 valence electrons. The number of rotatable bonds is 2. The van der Waals surface area contributed by atoms with Crippen LogP contribution in [0.1, 0.15) is 20.3 Å². The number of aliphatic imine (C=N–C) groups is 1. The number of hydrogen-bond donors (Lipinski definition) is 4. The molecule has 0 aromatic carbocycles. The first-order valence-electron chi connectivity index (χ1n) is 5.17. The zero-order valence-electron chi connectivity index (χ0n) is 9.49. The largest absolute Gasteiger partial charge is 0.386 e. The second-order valence-corrected chi connectivity index (χ2v) is 3.99. The topological polar surface area (TPSA) is 104 Å². The van der Waals surface area contributed by atoms with Crippen molar-refractivity contribution in [3.8, 4) is 0 Å². The summed E-state index contributed by atoms with van der Waals surface area (Å²) < 4.78 is 0. The van der Waals surface area contributed by atoms with Crippen molar-refractivity contribution in [2.45, 2.75) is 26.2 Å². The highest BCUT2D eigenvalue weighted by Crippen LogP contribution is 2.20. The van der Waals surface area contributed by atoms with Crippen molar-refractivity contribution in [2.75, 3.05) is 6.54 Å². The smallest absolute Gasteiger partial charge is 0.296 e. The Morgan fingerprint density at radius 1 is 1.56 bits per heavy atom. The molecule has 2 heterocycles. The summed E-state index contributed by atoms with van der Waals surface area (Å²) in [5, 5.41) is 9.11. The molecule has 0 spiro atoms. The molecule has 0 amide bonds. The number of nitrogens with two attached hydrogens (primary N) is 2. The van der Waals surface area contributed by atoms with E-state index in [1.54, 1.807) is 5.01 Å². The Morgan fingerprint density at radius 2 is 2.31 bits per heavy atom. The molecule has 0 saturated carbocycles. The molecule has 1 unspecified atom stereocenters. The van der Waals surface area contributed by atoms with Gasteiger partial charge in [0, 0.05) is 24.4 Å². The Labute approximate surface area is 94.2 Å². The van der Waals surface area contributed by atoms with E-state index in [2.05, 4.69) is 20.8 Å². The van der Waals surface area contributed by atoms with Gasteiger partial charge >= 0.3 is 0 Å². The van der Waals surface area contributed by atoms with E-state index < -0.39 is 5.91 Å². The number of nitrogens with one attached hydrogen (secondary N) is 2. The van der Waals surface area contributed by atoms with Gasteiger partial charge in [0.1, 0.15) is 5.84 Å². The quantitative estimate of drug-likeness (QED) is 0.355. The van der Waals surface area contributed by atoms with Crippen molar-refractivity contribution in [3.63, 3.8) is 0 Å². The Bertz CT molecular complexity index is 383. The van der Waals surface area contributed by atoms with E-state index in [9.17, 15) is 0 Å². The monoisotopic (exact) mass is 223 g/mol. The van der Waals surface area contributed by atoms with Gasteiger partial charge in [-0.1, -0.05) is 0 Å². The molecule has 16 heavy (non-hydrogen) atoms. The van der Waals surface area contributed by atoms with Gasteiger partial charge in [0.25, 0.3) is 5.91 Å². The predicted molar refractivity (Wildman–Crippen MR) is 63.0 cm³/mol. The van der Waals surface area contributed by atoms with Crippen molar-refractivity contribution >= 4 is 11.5 Å². The SMILES string of the molecule is CC1=CC(C)=NC(NN)(N2CCC(N)=N2)N1. The van der Waals surface area contributed by atoms with E-state index in [0.29, 0.717) is 12.4 Å². The third-order valence-corrected chi connectivity index (χ3v) is 2.54. The average molecular weight is 223 g/mol. The van der Waals surface area contributed by atoms with Crippen molar-refractivity contribution in [2.24, 2.45) is 21.7 Å². The molecular weight excluding hydrogens is 206 g/mol. The molecule has 0 aromatic heterocycles. The van der Waals surface area contributed by atoms with Crippen LogP contribution in [0.15, 0.2) is 21.9 Å². The van der Waals surface area contributed by atoms with Crippen molar-refractivity contribution in [1.82, 2.24) is 15.8 Å². The van der Waals surface area contributed by atoms with Crippen LogP contribution < -0.4 is 22.3 Å². The highest BCUT2D eigenvalue weighted by Gasteiger charge is 2.39. The fourth-order valence-electron chi connectivity index (χ4n) is 1.91. The number of hydrazine groups is 1. The van der Waals surface area contributed by atoms with Crippen molar-refractivity contribution in [1.29, 1.82) is 0 Å². The van der Waals surface area contributed by atoms with E-state index in [4.69, 9.17) is 11.6 Å². The lowest BCUT2D eigenvalue weighted by Crippen LogP contribution is -2.67. The lowest BCUT2D eigenvalue weighted by Gasteiger charge is -2.39. The first kappa shape index (κ1) is 10.9. The lowest BCUT2D eigenvalue weighted by atomic mass is 10.2. The molecule has 0 bridgehead atoms. The first-order chi connectivity index (χ1) is 7.55. The zero-order chi connectivity index (χ0) is 11.8. The van der Waals surface area contributed by atoms with Crippen LogP contribution in [0.5, 0.6) is 0 Å². The minimum Gasteiger partial charge on any atom is -0.386 e. The molecule has 7 heteroatoms. The third-order valence-electron chi connectivity index (χ3n) is 2.54. The minimum atomic E-state index is -0.913. The van der Waals surface area contributed by atoms with E-state index in [0.717, 1.165) is 17.8 Å². The van der Waals surface area contributed by atoms with Crippen LogP contribution in [-0.2, 0) is 0 Å². The molecule has 2 aliphatic rings. The van der Waals surface area contributed by atoms with E-state index in [1.807, 2.05) is 19.9 Å². The van der Waals surface area contributed by atoms with Crippen LogP contribution in [0, 0.1) is 0 Å². The molecule has 0 radical (unpaired) electrons. The Kier molecular flexibility index (Phi) is 2.56. The summed E-state index contributed by atoms with van der Waals surface area (Å²) in [4.78, 5) is 4.46. The van der Waals surface area contributed by atoms with Crippen LogP contribution in [0.3, 0.4) is 0 Å². The van der Waals surface area contributed by atoms with Gasteiger partial charge in [0.05, 0.1) is 0 Å². The maximum absolute atomic E-state index is 5.66. The van der Waals surface area contributed by atoms with Gasteiger partial charge in [-0.25, -0.2) is 10.0 Å². The maximum Gasteiger partial charge on any atom is 0.296 e. The number of nitrogens with zero attached hydrogens (tertiary/aromatic N) is 3. The second kappa shape index (κ2) is 3.76. The predicted octanol–water partition coefficient (Wildman–Crippen LogP) is -0.993. The summed E-state index contributed by atoms with van der Waals surface area (Å²) in [5.41, 5.74) is 10.2. The number of allylic oxidation sites excluding steroid dienone is 2. The molecular formula is C9H17N7. The van der Waals surface area contributed by atoms with Crippen LogP contribution >= 0.6 is 0 Å². The normalized spacial score (nSPS) is 29.4. The lowest BCUT2D eigenvalue weighted by molar-refractivity contribution is 0.0501. The molecule has 2 aliphatic heterocycles. The second-order valence-electron chi connectivity index (χ2n) is 3.99. The number of hydrazone groups is 1. The standard InChI is InChI=1S/C9H17N7/c1-6-5-7(2)13-9(12-6,15-11)16-4-3-8(10)14-16/h5,12,15H,3-4,11H2,1-2H3,(H2,10,14). The summed E-state index contributed by atoms with van der Waals surface area (Å²) in [6.07, 6.45) is 2.67. The summed E-state index contributed by atoms with van der Waals surface area (Å²) in [7, 11) is 0. The number of amidine groups is 1. The number of hydrogen-bond acceptors (Lipinski definition) is 7. The summed E-state index contributed by atoms with van der Waals surface area (Å²) in [5.74, 6) is 5.27. The summed E-state index contributed by atoms with van der Waals surface area (Å²) in [6, 6.07) is 0. The van der Waals surface area contributed by atoms with E-state index in [-0.39, 0.29) is 0 Å². The Morgan fingerprint density at radius 3 is 2.81 bits per heavy atom. The third kappa shape index (κ3) is 1.74. The van der Waals surface area contributed by atoms with Gasteiger partial charge in [-0.15, -0.1) is 0 Å². The van der Waals surface area contributed by atoms with Crippen molar-refractivity contribution < 1.29 is 0 Å². The molecule has 1 atom stereocenters. The van der Waals surface area contributed by atoms with E-state index >= 15 is 0 Å². The van der Waals surface area contributed by atoms with E-state index in [1.165, 1.54) is 0 Å². The maximum atomic E-state index is 5.66. The molecule has 0 aromatic rings. The fourth-order valence-corrected chi connectivity index (χ4v) is 1.91. The highest BCUT2D eigenvalue weighted by molar-refractivity contribution is 5.94. The van der Waals surface area contributed by atoms with Gasteiger partial charge in [0.2, 0.25) is 0 Å². The highest BCUT2D eigenvalue weighted by atomic mass is 15.7. The molecule has 0 fully saturated rings. The van der Waals surface area contributed by atoms with Gasteiger partial charge in [-0.2, -0.15) is 10.5 Å². The van der Waals surface area contributed by atoms with Gasteiger partial charge in [0.15, 0.2) is 0 Å². The Hall–Kier alpha value is -1.60. The summed E-state index contributed by atoms with van der Waals surface area (Å²) in [6.45, 7) is 4.56. The van der Waals surface area contributed by atoms with Gasteiger partial charge in [-0.3, -0.25) is 5.84 Å². The zero-order valence-corrected chi connectivity index (χ0v) is 9.49. The molecule has 6 N–H and O–H groups in total. The van der Waals surface area contributed by atoms with Gasteiger partial charge in [-0.05, 0) is 19.9 Å². The molecule has 0 aliphatic carbocycles. The van der Waals surface area contributed by atoms with Crippen LogP contribution in [0.4, 0.5) is 0 Å². The molecule has 2 rings (SSSR count).